The number of benzene rings is 2. The zero-order chi connectivity index (χ0) is 19.8. The summed E-state index contributed by atoms with van der Waals surface area (Å²) in [7, 11) is 3.43. The summed E-state index contributed by atoms with van der Waals surface area (Å²) in [5.74, 6) is 1.86. The Hall–Kier alpha value is -2.29. The number of hydrogen-bond acceptors (Lipinski definition) is 3. The van der Waals surface area contributed by atoms with Gasteiger partial charge in [0.25, 0.3) is 0 Å². The lowest BCUT2D eigenvalue weighted by Crippen LogP contribution is -2.36. The van der Waals surface area contributed by atoms with E-state index < -0.39 is 0 Å². The Balaban J connectivity index is 0.00000300. The van der Waals surface area contributed by atoms with Crippen molar-refractivity contribution in [1.82, 2.24) is 15.5 Å². The van der Waals surface area contributed by atoms with E-state index >= 15 is 0 Å². The minimum atomic E-state index is 0. The number of carbonyl (C=O) groups excluding carboxylic acids is 1. The first-order chi connectivity index (χ1) is 13.7. The first kappa shape index (κ1) is 23.0. The minimum absolute atomic E-state index is 0. The van der Waals surface area contributed by atoms with E-state index in [1.807, 2.05) is 29.2 Å². The zero-order valence-electron chi connectivity index (χ0n) is 17.0. The quantitative estimate of drug-likeness (QED) is 0.342. The molecule has 2 N–H and O–H groups in total. The third-order valence-electron chi connectivity index (χ3n) is 4.87. The number of ether oxygens (including phenoxy) is 1. The van der Waals surface area contributed by atoms with Gasteiger partial charge in [-0.2, -0.15) is 0 Å². The van der Waals surface area contributed by atoms with Crippen molar-refractivity contribution in [2.75, 3.05) is 20.7 Å². The number of likely N-dealkylation sites (tertiary alicyclic amines) is 1. The highest BCUT2D eigenvalue weighted by molar-refractivity contribution is 14.0. The minimum Gasteiger partial charge on any atom is -0.497 e. The molecule has 2 aromatic rings. The molecule has 0 atom stereocenters. The van der Waals surface area contributed by atoms with Gasteiger partial charge in [-0.05, 0) is 35.2 Å². The molecule has 3 rings (SSSR count). The Morgan fingerprint density at radius 1 is 1.00 bits per heavy atom. The van der Waals surface area contributed by atoms with Gasteiger partial charge >= 0.3 is 0 Å². The van der Waals surface area contributed by atoms with Crippen molar-refractivity contribution in [2.24, 2.45) is 4.99 Å². The number of methoxy groups -OCH3 is 1. The topological polar surface area (TPSA) is 66.0 Å². The maximum Gasteiger partial charge on any atom is 0.222 e. The maximum atomic E-state index is 11.7. The molecule has 0 radical (unpaired) electrons. The molecule has 0 saturated carbocycles. The monoisotopic (exact) mass is 508 g/mol. The number of nitrogens with one attached hydrogen (secondary N) is 2. The number of guanidine groups is 1. The van der Waals surface area contributed by atoms with E-state index in [9.17, 15) is 4.79 Å². The standard InChI is InChI=1S/C22H28N4O2.HI/c1-23-22(25-15-18-9-11-20(28-2)12-10-18)24-14-17-5-7-19(8-6-17)16-26-13-3-4-21(26)27;/h5-12H,3-4,13-16H2,1-2H3,(H2,23,24,25);1H. The molecule has 1 fully saturated rings. The lowest BCUT2D eigenvalue weighted by atomic mass is 10.1. The average molecular weight is 508 g/mol. The normalized spacial score (nSPS) is 13.8. The lowest BCUT2D eigenvalue weighted by Gasteiger charge is -2.16. The smallest absolute Gasteiger partial charge is 0.222 e. The zero-order valence-corrected chi connectivity index (χ0v) is 19.3. The number of hydrogen-bond donors (Lipinski definition) is 2. The number of rotatable bonds is 7. The highest BCUT2D eigenvalue weighted by Crippen LogP contribution is 2.15. The predicted molar refractivity (Wildman–Crippen MR) is 127 cm³/mol. The molecule has 0 aromatic heterocycles. The molecule has 0 unspecified atom stereocenters. The molecule has 7 heteroatoms. The molecule has 0 aliphatic carbocycles. The summed E-state index contributed by atoms with van der Waals surface area (Å²) in [6.07, 6.45) is 1.66. The van der Waals surface area contributed by atoms with E-state index in [1.54, 1.807) is 14.2 Å². The fourth-order valence-corrected chi connectivity index (χ4v) is 3.19. The molecule has 6 nitrogen and oxygen atoms in total. The third kappa shape index (κ3) is 6.92. The second-order valence-corrected chi connectivity index (χ2v) is 6.86. The van der Waals surface area contributed by atoms with Crippen LogP contribution in [0, 0.1) is 0 Å². The Labute approximate surface area is 189 Å². The summed E-state index contributed by atoms with van der Waals surface area (Å²) in [6.45, 7) is 2.95. The van der Waals surface area contributed by atoms with Gasteiger partial charge in [0, 0.05) is 39.6 Å². The van der Waals surface area contributed by atoms with E-state index in [0.717, 1.165) is 30.2 Å². The van der Waals surface area contributed by atoms with Crippen LogP contribution in [0.4, 0.5) is 0 Å². The second kappa shape index (κ2) is 11.6. The maximum absolute atomic E-state index is 11.7. The molecular formula is C22H29IN4O2. The van der Waals surface area contributed by atoms with Gasteiger partial charge in [0.1, 0.15) is 5.75 Å². The summed E-state index contributed by atoms with van der Waals surface area (Å²) < 4.78 is 5.18. The molecule has 1 aliphatic heterocycles. The molecule has 1 amide bonds. The summed E-state index contributed by atoms with van der Waals surface area (Å²) in [6, 6.07) is 16.3. The van der Waals surface area contributed by atoms with Crippen molar-refractivity contribution in [2.45, 2.75) is 32.5 Å². The van der Waals surface area contributed by atoms with E-state index in [2.05, 4.69) is 39.9 Å². The SMILES string of the molecule is CN=C(NCc1ccc(CN2CCCC2=O)cc1)NCc1ccc(OC)cc1.I. The van der Waals surface area contributed by atoms with Crippen molar-refractivity contribution >= 4 is 35.8 Å². The van der Waals surface area contributed by atoms with Gasteiger partial charge in [-0.25, -0.2) is 0 Å². The molecular weight excluding hydrogens is 479 g/mol. The summed E-state index contributed by atoms with van der Waals surface area (Å²) >= 11 is 0. The number of nitrogens with zero attached hydrogens (tertiary/aromatic N) is 2. The highest BCUT2D eigenvalue weighted by Gasteiger charge is 2.19. The largest absolute Gasteiger partial charge is 0.497 e. The molecule has 29 heavy (non-hydrogen) atoms. The number of carbonyl (C=O) groups is 1. The van der Waals surface area contributed by atoms with Crippen LogP contribution >= 0.6 is 24.0 Å². The van der Waals surface area contributed by atoms with Gasteiger partial charge in [-0.1, -0.05) is 36.4 Å². The van der Waals surface area contributed by atoms with Gasteiger partial charge in [-0.15, -0.1) is 24.0 Å². The van der Waals surface area contributed by atoms with Gasteiger partial charge in [0.2, 0.25) is 5.91 Å². The van der Waals surface area contributed by atoms with Gasteiger partial charge in [0.05, 0.1) is 7.11 Å². The number of aliphatic imine (C=N–C) groups is 1. The summed E-state index contributed by atoms with van der Waals surface area (Å²) in [4.78, 5) is 17.9. The molecule has 1 saturated heterocycles. The van der Waals surface area contributed by atoms with Crippen LogP contribution in [0.25, 0.3) is 0 Å². The van der Waals surface area contributed by atoms with Crippen molar-refractivity contribution in [3.63, 3.8) is 0 Å². The molecule has 2 aromatic carbocycles. The van der Waals surface area contributed by atoms with Crippen LogP contribution < -0.4 is 15.4 Å². The van der Waals surface area contributed by atoms with Crippen LogP contribution in [-0.4, -0.2) is 37.5 Å². The third-order valence-corrected chi connectivity index (χ3v) is 4.87. The lowest BCUT2D eigenvalue weighted by molar-refractivity contribution is -0.128. The van der Waals surface area contributed by atoms with E-state index in [0.29, 0.717) is 26.1 Å². The molecule has 1 heterocycles. The Morgan fingerprint density at radius 2 is 1.55 bits per heavy atom. The van der Waals surface area contributed by atoms with Gasteiger partial charge < -0.3 is 20.3 Å². The first-order valence-electron chi connectivity index (χ1n) is 9.61. The Kier molecular flexibility index (Phi) is 9.24. The van der Waals surface area contributed by atoms with E-state index in [-0.39, 0.29) is 29.9 Å². The first-order valence-corrected chi connectivity index (χ1v) is 9.61. The Morgan fingerprint density at radius 3 is 2.03 bits per heavy atom. The second-order valence-electron chi connectivity index (χ2n) is 6.86. The molecule has 156 valence electrons. The van der Waals surface area contributed by atoms with Gasteiger partial charge in [-0.3, -0.25) is 9.79 Å². The van der Waals surface area contributed by atoms with E-state index in [1.165, 1.54) is 11.1 Å². The van der Waals surface area contributed by atoms with Gasteiger partial charge in [0.15, 0.2) is 5.96 Å². The van der Waals surface area contributed by atoms with Crippen LogP contribution in [0.3, 0.4) is 0 Å². The Bertz CT molecular complexity index is 807. The number of halogens is 1. The van der Waals surface area contributed by atoms with Crippen LogP contribution in [0.1, 0.15) is 29.5 Å². The van der Waals surface area contributed by atoms with Crippen LogP contribution in [0.5, 0.6) is 5.75 Å². The predicted octanol–water partition coefficient (Wildman–Crippen LogP) is 3.30. The van der Waals surface area contributed by atoms with Crippen molar-refractivity contribution in [3.05, 3.63) is 65.2 Å². The molecule has 0 bridgehead atoms. The fourth-order valence-electron chi connectivity index (χ4n) is 3.19. The van der Waals surface area contributed by atoms with Crippen molar-refractivity contribution in [1.29, 1.82) is 0 Å². The van der Waals surface area contributed by atoms with Crippen LogP contribution in [0.2, 0.25) is 0 Å². The molecule has 0 spiro atoms. The summed E-state index contributed by atoms with van der Waals surface area (Å²) in [5, 5.41) is 6.64. The summed E-state index contributed by atoms with van der Waals surface area (Å²) in [5.41, 5.74) is 3.49. The fraction of sp³-hybridized carbons (Fsp3) is 0.364. The molecule has 1 aliphatic rings. The van der Waals surface area contributed by atoms with Crippen molar-refractivity contribution in [3.8, 4) is 5.75 Å². The van der Waals surface area contributed by atoms with Crippen molar-refractivity contribution < 1.29 is 9.53 Å². The number of amides is 1. The van der Waals surface area contributed by atoms with Crippen LogP contribution in [0.15, 0.2) is 53.5 Å². The highest BCUT2D eigenvalue weighted by atomic mass is 127. The average Bonchev–Trinajstić information content (AvgIpc) is 3.14. The van der Waals surface area contributed by atoms with E-state index in [4.69, 9.17) is 4.74 Å². The van der Waals surface area contributed by atoms with Crippen LogP contribution in [-0.2, 0) is 24.4 Å².